The molecule has 0 radical (unpaired) electrons. The molecular weight excluding hydrogens is 365 g/mol. The number of rotatable bonds is 5. The molecule has 0 aliphatic heterocycles. The third-order valence-corrected chi connectivity index (χ3v) is 4.40. The van der Waals surface area contributed by atoms with Gasteiger partial charge in [-0.05, 0) is 25.1 Å². The lowest BCUT2D eigenvalue weighted by molar-refractivity contribution is -0.141. The zero-order valence-electron chi connectivity index (χ0n) is 11.3. The molecule has 0 unspecified atom stereocenters. The Morgan fingerprint density at radius 2 is 1.90 bits per heavy atom. The maximum Gasteiger partial charge on any atom is 0.434 e. The normalized spacial score (nSPS) is 11.9. The molecule has 1 N–H and O–H groups in total. The largest absolute Gasteiger partial charge is 0.434 e. The van der Waals surface area contributed by atoms with E-state index in [0.717, 1.165) is 22.2 Å². The number of thiazole rings is 1. The van der Waals surface area contributed by atoms with Gasteiger partial charge in [0.15, 0.2) is 5.69 Å². The number of hydrogen-bond donors (Lipinski definition) is 1. The fourth-order valence-corrected chi connectivity index (χ4v) is 3.11. The molecular formula is C14H14BrF3N2S. The van der Waals surface area contributed by atoms with Crippen molar-refractivity contribution in [2.24, 2.45) is 0 Å². The average Bonchev–Trinajstić information content (AvgIpc) is 2.84. The van der Waals surface area contributed by atoms with Crippen molar-refractivity contribution in [1.29, 1.82) is 0 Å². The Kier molecular flexibility index (Phi) is 5.40. The number of nitrogens with one attached hydrogen (secondary N) is 1. The number of aromatic nitrogens is 1. The van der Waals surface area contributed by atoms with Crippen molar-refractivity contribution in [1.82, 2.24) is 10.3 Å². The Labute approximate surface area is 133 Å². The predicted molar refractivity (Wildman–Crippen MR) is 82.2 cm³/mol. The van der Waals surface area contributed by atoms with Crippen molar-refractivity contribution in [2.75, 3.05) is 6.54 Å². The minimum atomic E-state index is -4.42. The van der Waals surface area contributed by atoms with Gasteiger partial charge in [-0.1, -0.05) is 35.0 Å². The van der Waals surface area contributed by atoms with Crippen LogP contribution in [-0.4, -0.2) is 11.5 Å². The van der Waals surface area contributed by atoms with Crippen molar-refractivity contribution < 1.29 is 13.2 Å². The summed E-state index contributed by atoms with van der Waals surface area (Å²) in [6.45, 7) is 2.84. The van der Waals surface area contributed by atoms with E-state index in [2.05, 4.69) is 26.2 Å². The Morgan fingerprint density at radius 3 is 2.48 bits per heavy atom. The molecule has 0 atom stereocenters. The zero-order chi connectivity index (χ0) is 15.5. The summed E-state index contributed by atoms with van der Waals surface area (Å²) in [5.74, 6) is 0. The van der Waals surface area contributed by atoms with Crippen molar-refractivity contribution in [3.63, 3.8) is 0 Å². The molecule has 114 valence electrons. The van der Waals surface area contributed by atoms with Gasteiger partial charge < -0.3 is 5.32 Å². The van der Waals surface area contributed by atoms with Gasteiger partial charge in [-0.2, -0.15) is 13.2 Å². The van der Waals surface area contributed by atoms with Crippen LogP contribution in [0.5, 0.6) is 0 Å². The molecule has 0 amide bonds. The van der Waals surface area contributed by atoms with Crippen molar-refractivity contribution >= 4 is 27.3 Å². The van der Waals surface area contributed by atoms with Crippen LogP contribution in [0, 0.1) is 0 Å². The van der Waals surface area contributed by atoms with Crippen molar-refractivity contribution in [3.8, 4) is 10.6 Å². The van der Waals surface area contributed by atoms with Crippen LogP contribution >= 0.6 is 27.3 Å². The first-order valence-electron chi connectivity index (χ1n) is 6.45. The number of nitrogens with zero attached hydrogens (tertiary/aromatic N) is 1. The quantitative estimate of drug-likeness (QED) is 0.732. The van der Waals surface area contributed by atoms with E-state index in [-0.39, 0.29) is 11.4 Å². The van der Waals surface area contributed by atoms with E-state index >= 15 is 0 Å². The summed E-state index contributed by atoms with van der Waals surface area (Å²) < 4.78 is 40.1. The van der Waals surface area contributed by atoms with Gasteiger partial charge in [0, 0.05) is 16.6 Å². The number of alkyl halides is 3. The van der Waals surface area contributed by atoms with Gasteiger partial charge in [0.2, 0.25) is 0 Å². The highest BCUT2D eigenvalue weighted by Gasteiger charge is 2.37. The number of halogens is 4. The zero-order valence-corrected chi connectivity index (χ0v) is 13.7. The highest BCUT2D eigenvalue weighted by atomic mass is 79.9. The second kappa shape index (κ2) is 6.89. The summed E-state index contributed by atoms with van der Waals surface area (Å²) in [6, 6.07) is 7.09. The molecule has 0 aliphatic rings. The summed E-state index contributed by atoms with van der Waals surface area (Å²) >= 11 is 4.39. The van der Waals surface area contributed by atoms with E-state index in [1.165, 1.54) is 0 Å². The Bertz CT molecular complexity index is 593. The second-order valence-corrected chi connectivity index (χ2v) is 6.47. The van der Waals surface area contributed by atoms with Gasteiger partial charge in [-0.25, -0.2) is 4.98 Å². The first kappa shape index (κ1) is 16.5. The third-order valence-electron chi connectivity index (χ3n) is 2.77. The minimum Gasteiger partial charge on any atom is -0.312 e. The maximum atomic E-state index is 13.1. The van der Waals surface area contributed by atoms with E-state index in [1.54, 1.807) is 24.3 Å². The molecule has 1 heterocycles. The van der Waals surface area contributed by atoms with Crippen LogP contribution in [0.15, 0.2) is 28.7 Å². The highest BCUT2D eigenvalue weighted by Crippen LogP contribution is 2.37. The van der Waals surface area contributed by atoms with Gasteiger partial charge in [-0.3, -0.25) is 0 Å². The third kappa shape index (κ3) is 4.28. The molecule has 0 bridgehead atoms. The Balaban J connectivity index is 2.33. The van der Waals surface area contributed by atoms with Crippen LogP contribution < -0.4 is 5.32 Å². The van der Waals surface area contributed by atoms with Crippen LogP contribution in [0.3, 0.4) is 0 Å². The van der Waals surface area contributed by atoms with Gasteiger partial charge in [0.1, 0.15) is 5.01 Å². The monoisotopic (exact) mass is 378 g/mol. The van der Waals surface area contributed by atoms with Gasteiger partial charge in [0.25, 0.3) is 0 Å². The molecule has 7 heteroatoms. The van der Waals surface area contributed by atoms with Crippen molar-refractivity contribution in [3.05, 3.63) is 39.3 Å². The molecule has 2 nitrogen and oxygen atoms in total. The Hall–Kier alpha value is -0.920. The smallest absolute Gasteiger partial charge is 0.312 e. The SMILES string of the molecule is CCCNCc1sc(-c2ccc(Br)cc2)nc1C(F)(F)F. The predicted octanol–water partition coefficient (Wildman–Crippen LogP) is 5.09. The highest BCUT2D eigenvalue weighted by molar-refractivity contribution is 9.10. The van der Waals surface area contributed by atoms with E-state index in [9.17, 15) is 13.2 Å². The standard InChI is InChI=1S/C14H14BrF3N2S/c1-2-7-19-8-11-12(14(16,17)18)20-13(21-11)9-3-5-10(15)6-4-9/h3-6,19H,2,7-8H2,1H3. The molecule has 1 aromatic carbocycles. The van der Waals surface area contributed by atoms with Crippen LogP contribution in [0.25, 0.3) is 10.6 Å². The fourth-order valence-electron chi connectivity index (χ4n) is 1.79. The van der Waals surface area contributed by atoms with E-state index in [4.69, 9.17) is 0 Å². The second-order valence-electron chi connectivity index (χ2n) is 4.47. The summed E-state index contributed by atoms with van der Waals surface area (Å²) in [7, 11) is 0. The van der Waals surface area contributed by atoms with Crippen LogP contribution in [0.4, 0.5) is 13.2 Å². The van der Waals surface area contributed by atoms with E-state index < -0.39 is 11.9 Å². The summed E-state index contributed by atoms with van der Waals surface area (Å²) in [5.41, 5.74) is -0.0931. The average molecular weight is 379 g/mol. The maximum absolute atomic E-state index is 13.1. The molecule has 0 aliphatic carbocycles. The number of hydrogen-bond acceptors (Lipinski definition) is 3. The van der Waals surface area contributed by atoms with Gasteiger partial charge in [-0.15, -0.1) is 11.3 Å². The summed E-state index contributed by atoms with van der Waals surface area (Å²) in [6.07, 6.45) is -3.55. The molecule has 0 spiro atoms. The Morgan fingerprint density at radius 1 is 1.24 bits per heavy atom. The summed E-state index contributed by atoms with van der Waals surface area (Å²) in [5, 5.41) is 3.39. The van der Waals surface area contributed by atoms with Gasteiger partial charge in [0.05, 0.1) is 4.88 Å². The molecule has 1 aromatic heterocycles. The first-order chi connectivity index (χ1) is 9.91. The van der Waals surface area contributed by atoms with Crippen LogP contribution in [-0.2, 0) is 12.7 Å². The fraction of sp³-hybridized carbons (Fsp3) is 0.357. The molecule has 0 fully saturated rings. The molecule has 0 saturated heterocycles. The van der Waals surface area contributed by atoms with Crippen LogP contribution in [0.2, 0.25) is 0 Å². The molecule has 2 rings (SSSR count). The molecule has 2 aromatic rings. The lowest BCUT2D eigenvalue weighted by Crippen LogP contribution is -2.17. The minimum absolute atomic E-state index is 0.191. The molecule has 21 heavy (non-hydrogen) atoms. The van der Waals surface area contributed by atoms with Gasteiger partial charge >= 0.3 is 6.18 Å². The summed E-state index contributed by atoms with van der Waals surface area (Å²) in [4.78, 5) is 4.03. The van der Waals surface area contributed by atoms with Crippen molar-refractivity contribution in [2.45, 2.75) is 26.1 Å². The van der Waals surface area contributed by atoms with Crippen LogP contribution in [0.1, 0.15) is 23.9 Å². The number of benzene rings is 1. The molecule has 0 saturated carbocycles. The first-order valence-corrected chi connectivity index (χ1v) is 8.06. The lowest BCUT2D eigenvalue weighted by Gasteiger charge is -2.06. The lowest BCUT2D eigenvalue weighted by atomic mass is 10.2. The van der Waals surface area contributed by atoms with E-state index in [0.29, 0.717) is 17.1 Å². The van der Waals surface area contributed by atoms with E-state index in [1.807, 2.05) is 6.92 Å². The topological polar surface area (TPSA) is 24.9 Å².